The molecule has 148 valence electrons. The highest BCUT2D eigenvalue weighted by Gasteiger charge is 2.08. The topological polar surface area (TPSA) is 88.9 Å². The number of hydrogen-bond donors (Lipinski definition) is 2. The Kier molecular flexibility index (Phi) is 5.61. The molecule has 2 amide bonds. The summed E-state index contributed by atoms with van der Waals surface area (Å²) in [6, 6.07) is 23.5. The molecular weight excluding hydrogens is 378 g/mol. The maximum atomic E-state index is 12.4. The van der Waals surface area contributed by atoms with Crippen molar-refractivity contribution in [2.45, 2.75) is 6.54 Å². The Morgan fingerprint density at radius 3 is 2.17 bits per heavy atom. The molecule has 0 fully saturated rings. The summed E-state index contributed by atoms with van der Waals surface area (Å²) in [5.74, 6) is -0.376. The molecule has 7 nitrogen and oxygen atoms in total. The summed E-state index contributed by atoms with van der Waals surface area (Å²) in [5.41, 5.74) is 3.60. The molecule has 0 aliphatic rings. The monoisotopic (exact) mass is 397 g/mol. The van der Waals surface area contributed by atoms with Crippen LogP contribution in [-0.4, -0.2) is 26.6 Å². The summed E-state index contributed by atoms with van der Waals surface area (Å²) in [6.07, 6.45) is 3.11. The summed E-state index contributed by atoms with van der Waals surface area (Å²) >= 11 is 0. The predicted octanol–water partition coefficient (Wildman–Crippen LogP) is 3.45. The number of benzene rings is 3. The lowest BCUT2D eigenvalue weighted by atomic mass is 10.1. The molecule has 1 aromatic heterocycles. The van der Waals surface area contributed by atoms with Crippen molar-refractivity contribution in [3.05, 3.63) is 108 Å². The van der Waals surface area contributed by atoms with Gasteiger partial charge in [0.05, 0.1) is 5.69 Å². The van der Waals surface area contributed by atoms with E-state index in [0.717, 1.165) is 11.3 Å². The van der Waals surface area contributed by atoms with Gasteiger partial charge in [-0.25, -0.2) is 9.67 Å². The van der Waals surface area contributed by atoms with Gasteiger partial charge in [-0.1, -0.05) is 30.3 Å². The van der Waals surface area contributed by atoms with E-state index in [1.807, 2.05) is 42.5 Å². The minimum Gasteiger partial charge on any atom is -0.348 e. The van der Waals surface area contributed by atoms with Gasteiger partial charge in [-0.2, -0.15) is 5.10 Å². The Balaban J connectivity index is 1.32. The van der Waals surface area contributed by atoms with Crippen molar-refractivity contribution in [3.63, 3.8) is 0 Å². The third-order valence-corrected chi connectivity index (χ3v) is 4.51. The predicted molar refractivity (Wildman–Crippen MR) is 113 cm³/mol. The van der Waals surface area contributed by atoms with Crippen molar-refractivity contribution in [3.8, 4) is 5.69 Å². The molecule has 0 unspecified atom stereocenters. The fourth-order valence-corrected chi connectivity index (χ4v) is 2.89. The quantitative estimate of drug-likeness (QED) is 0.522. The van der Waals surface area contributed by atoms with Crippen molar-refractivity contribution in [1.82, 2.24) is 20.1 Å². The first kappa shape index (κ1) is 19.1. The van der Waals surface area contributed by atoms with Gasteiger partial charge in [0.1, 0.15) is 12.7 Å². The second-order valence-electron chi connectivity index (χ2n) is 6.59. The Bertz CT molecular complexity index is 1120. The van der Waals surface area contributed by atoms with Gasteiger partial charge < -0.3 is 10.6 Å². The molecule has 0 bridgehead atoms. The van der Waals surface area contributed by atoms with Gasteiger partial charge in [-0.3, -0.25) is 9.59 Å². The minimum absolute atomic E-state index is 0.184. The largest absolute Gasteiger partial charge is 0.348 e. The SMILES string of the molecule is O=C(NCc1ccc(-n2cncn2)cc1)c1ccc(NC(=O)c2ccccc2)cc1. The zero-order valence-corrected chi connectivity index (χ0v) is 16.0. The van der Waals surface area contributed by atoms with E-state index in [1.165, 1.54) is 6.33 Å². The fraction of sp³-hybridized carbons (Fsp3) is 0.0435. The Morgan fingerprint density at radius 1 is 0.800 bits per heavy atom. The molecule has 0 atom stereocenters. The highest BCUT2D eigenvalue weighted by molar-refractivity contribution is 6.04. The van der Waals surface area contributed by atoms with E-state index < -0.39 is 0 Å². The summed E-state index contributed by atoms with van der Waals surface area (Å²) < 4.78 is 1.67. The molecule has 2 N–H and O–H groups in total. The zero-order chi connectivity index (χ0) is 20.8. The minimum atomic E-state index is -0.192. The van der Waals surface area contributed by atoms with Crippen LogP contribution in [0.5, 0.6) is 0 Å². The van der Waals surface area contributed by atoms with Gasteiger partial charge >= 0.3 is 0 Å². The van der Waals surface area contributed by atoms with Gasteiger partial charge in [0.25, 0.3) is 11.8 Å². The van der Waals surface area contributed by atoms with Crippen LogP contribution < -0.4 is 10.6 Å². The molecule has 0 spiro atoms. The van der Waals surface area contributed by atoms with Gasteiger partial charge in [-0.05, 0) is 54.1 Å². The lowest BCUT2D eigenvalue weighted by Crippen LogP contribution is -2.22. The number of carbonyl (C=O) groups is 2. The molecule has 0 aliphatic heterocycles. The van der Waals surface area contributed by atoms with Crippen molar-refractivity contribution in [2.24, 2.45) is 0 Å². The van der Waals surface area contributed by atoms with Crippen molar-refractivity contribution in [2.75, 3.05) is 5.32 Å². The highest BCUT2D eigenvalue weighted by atomic mass is 16.2. The van der Waals surface area contributed by atoms with E-state index in [0.29, 0.717) is 23.4 Å². The molecule has 4 rings (SSSR count). The molecular formula is C23H19N5O2. The molecule has 0 radical (unpaired) electrons. The number of amides is 2. The first-order valence-electron chi connectivity index (χ1n) is 9.38. The summed E-state index contributed by atoms with van der Waals surface area (Å²) in [7, 11) is 0. The van der Waals surface area contributed by atoms with E-state index >= 15 is 0 Å². The standard InChI is InChI=1S/C23H19N5O2/c29-22(25-14-17-6-12-21(13-7-17)28-16-24-15-26-28)19-8-10-20(11-9-19)27-23(30)18-4-2-1-3-5-18/h1-13,15-16H,14H2,(H,25,29)(H,27,30). The number of anilines is 1. The van der Waals surface area contributed by atoms with Crippen LogP contribution in [0.3, 0.4) is 0 Å². The number of nitrogens with zero attached hydrogens (tertiary/aromatic N) is 3. The number of hydrogen-bond acceptors (Lipinski definition) is 4. The molecule has 0 saturated carbocycles. The summed E-state index contributed by atoms with van der Waals surface area (Å²) in [5, 5.41) is 9.79. The van der Waals surface area contributed by atoms with Crippen LogP contribution in [0.4, 0.5) is 5.69 Å². The highest BCUT2D eigenvalue weighted by Crippen LogP contribution is 2.12. The molecule has 0 saturated heterocycles. The van der Waals surface area contributed by atoms with Crippen LogP contribution in [0.2, 0.25) is 0 Å². The normalized spacial score (nSPS) is 10.4. The molecule has 30 heavy (non-hydrogen) atoms. The Morgan fingerprint density at radius 2 is 1.50 bits per heavy atom. The average molecular weight is 397 g/mol. The van der Waals surface area contributed by atoms with Crippen LogP contribution in [0.15, 0.2) is 91.5 Å². The lowest BCUT2D eigenvalue weighted by molar-refractivity contribution is 0.0950. The van der Waals surface area contributed by atoms with E-state index in [2.05, 4.69) is 20.7 Å². The van der Waals surface area contributed by atoms with Crippen LogP contribution in [0.1, 0.15) is 26.3 Å². The van der Waals surface area contributed by atoms with Gasteiger partial charge in [0.15, 0.2) is 0 Å². The fourth-order valence-electron chi connectivity index (χ4n) is 2.89. The van der Waals surface area contributed by atoms with Gasteiger partial charge in [0, 0.05) is 23.4 Å². The second kappa shape index (κ2) is 8.83. The van der Waals surface area contributed by atoms with Crippen LogP contribution in [-0.2, 0) is 6.54 Å². The molecule has 3 aromatic carbocycles. The van der Waals surface area contributed by atoms with Crippen LogP contribution in [0, 0.1) is 0 Å². The third kappa shape index (κ3) is 4.59. The van der Waals surface area contributed by atoms with Crippen molar-refractivity contribution in [1.29, 1.82) is 0 Å². The Labute approximate surface area is 173 Å². The number of rotatable bonds is 6. The molecule has 0 aliphatic carbocycles. The first-order valence-corrected chi connectivity index (χ1v) is 9.38. The molecule has 7 heteroatoms. The maximum Gasteiger partial charge on any atom is 0.255 e. The van der Waals surface area contributed by atoms with Gasteiger partial charge in [-0.15, -0.1) is 0 Å². The van der Waals surface area contributed by atoms with E-state index in [-0.39, 0.29) is 11.8 Å². The van der Waals surface area contributed by atoms with E-state index in [1.54, 1.807) is 47.4 Å². The van der Waals surface area contributed by atoms with Gasteiger partial charge in [0.2, 0.25) is 0 Å². The van der Waals surface area contributed by atoms with E-state index in [9.17, 15) is 9.59 Å². The summed E-state index contributed by atoms with van der Waals surface area (Å²) in [4.78, 5) is 28.5. The van der Waals surface area contributed by atoms with E-state index in [4.69, 9.17) is 0 Å². The maximum absolute atomic E-state index is 12.4. The number of carbonyl (C=O) groups excluding carboxylic acids is 2. The Hall–Kier alpha value is -4.26. The third-order valence-electron chi connectivity index (χ3n) is 4.51. The van der Waals surface area contributed by atoms with Crippen LogP contribution in [0.25, 0.3) is 5.69 Å². The van der Waals surface area contributed by atoms with Crippen molar-refractivity contribution >= 4 is 17.5 Å². The average Bonchev–Trinajstić information content (AvgIpc) is 3.34. The second-order valence-corrected chi connectivity index (χ2v) is 6.59. The van der Waals surface area contributed by atoms with Crippen molar-refractivity contribution < 1.29 is 9.59 Å². The first-order chi connectivity index (χ1) is 14.7. The number of aromatic nitrogens is 3. The zero-order valence-electron chi connectivity index (χ0n) is 16.0. The smallest absolute Gasteiger partial charge is 0.255 e. The van der Waals surface area contributed by atoms with Crippen LogP contribution >= 0.6 is 0 Å². The number of nitrogens with one attached hydrogen (secondary N) is 2. The molecule has 4 aromatic rings. The summed E-state index contributed by atoms with van der Waals surface area (Å²) in [6.45, 7) is 0.406. The lowest BCUT2D eigenvalue weighted by Gasteiger charge is -2.08. The molecule has 1 heterocycles.